The van der Waals surface area contributed by atoms with Crippen molar-refractivity contribution in [3.63, 3.8) is 0 Å². The summed E-state index contributed by atoms with van der Waals surface area (Å²) >= 11 is 0. The van der Waals surface area contributed by atoms with Crippen LogP contribution in [-0.2, 0) is 4.79 Å². The fraction of sp³-hybridized carbons (Fsp3) is 0.300. The first-order chi connectivity index (χ1) is 5.70. The molecule has 0 aromatic heterocycles. The maximum Gasteiger partial charge on any atom is 0.134 e. The van der Waals surface area contributed by atoms with Gasteiger partial charge in [0.25, 0.3) is 0 Å². The Morgan fingerprint density at radius 2 is 2.08 bits per heavy atom. The van der Waals surface area contributed by atoms with E-state index < -0.39 is 0 Å². The van der Waals surface area contributed by atoms with E-state index >= 15 is 0 Å². The van der Waals surface area contributed by atoms with Gasteiger partial charge in [0.15, 0.2) is 0 Å². The molecular weight excluding hydrogens is 167 g/mol. The zero-order chi connectivity index (χ0) is 8.97. The Kier molecular flexibility index (Phi) is 3.43. The summed E-state index contributed by atoms with van der Waals surface area (Å²) in [6, 6.07) is 8.23. The van der Waals surface area contributed by atoms with E-state index in [0.717, 1.165) is 0 Å². The van der Waals surface area contributed by atoms with Crippen molar-refractivity contribution >= 4 is 19.7 Å². The molecule has 1 unspecified atom stereocenters. The van der Waals surface area contributed by atoms with E-state index in [0.29, 0.717) is 14.7 Å². The molecular formula is C10H13OP. The summed E-state index contributed by atoms with van der Waals surface area (Å²) in [5.74, 6) is 0.275. The van der Waals surface area contributed by atoms with Crippen molar-refractivity contribution in [2.75, 3.05) is 6.16 Å². The van der Waals surface area contributed by atoms with E-state index in [4.69, 9.17) is 0 Å². The quantitative estimate of drug-likeness (QED) is 0.649. The van der Waals surface area contributed by atoms with Gasteiger partial charge in [0.2, 0.25) is 0 Å². The van der Waals surface area contributed by atoms with Crippen LogP contribution in [0.5, 0.6) is 0 Å². The highest BCUT2D eigenvalue weighted by Crippen LogP contribution is 2.12. The second-order valence-corrected chi connectivity index (χ2v) is 4.12. The van der Waals surface area contributed by atoms with E-state index in [1.807, 2.05) is 12.1 Å². The lowest BCUT2D eigenvalue weighted by atomic mass is 10.2. The Bertz CT molecular complexity index is 281. The molecule has 0 spiro atoms. The summed E-state index contributed by atoms with van der Waals surface area (Å²) in [6.07, 6.45) is 0.685. The van der Waals surface area contributed by atoms with Crippen LogP contribution in [0, 0.1) is 6.92 Å². The van der Waals surface area contributed by atoms with Crippen LogP contribution in [0.2, 0.25) is 0 Å². The van der Waals surface area contributed by atoms with Gasteiger partial charge in [-0.2, -0.15) is 0 Å². The molecule has 0 radical (unpaired) electrons. The maximum absolute atomic E-state index is 10.7. The molecule has 0 N–H and O–H groups in total. The molecule has 2 heteroatoms. The monoisotopic (exact) mass is 180 g/mol. The zero-order valence-corrected chi connectivity index (χ0v) is 8.42. The molecule has 0 heterocycles. The van der Waals surface area contributed by atoms with Gasteiger partial charge < -0.3 is 0 Å². The number of Topliss-reactive ketones (excluding diaryl/α,β-unsaturated/α-hetero) is 1. The second-order valence-electron chi connectivity index (χ2n) is 2.87. The zero-order valence-electron chi connectivity index (χ0n) is 7.42. The molecule has 0 saturated carbocycles. The number of hydrogen-bond acceptors (Lipinski definition) is 1. The van der Waals surface area contributed by atoms with Gasteiger partial charge in [0.05, 0.1) is 0 Å². The van der Waals surface area contributed by atoms with Gasteiger partial charge in [0, 0.05) is 6.16 Å². The fourth-order valence-corrected chi connectivity index (χ4v) is 2.01. The number of rotatable bonds is 3. The minimum atomic E-state index is 0.275. The third kappa shape index (κ3) is 2.75. The number of hydrogen-bond donors (Lipinski definition) is 0. The van der Waals surface area contributed by atoms with Crippen LogP contribution >= 0.6 is 8.58 Å². The number of carbonyl (C=O) groups is 1. The smallest absolute Gasteiger partial charge is 0.134 e. The third-order valence-corrected chi connectivity index (χ3v) is 3.29. The van der Waals surface area contributed by atoms with Gasteiger partial charge in [-0.1, -0.05) is 32.8 Å². The number of carbonyl (C=O) groups excluding carboxylic acids is 1. The molecule has 12 heavy (non-hydrogen) atoms. The third-order valence-electron chi connectivity index (χ3n) is 1.67. The molecule has 0 saturated heterocycles. The summed E-state index contributed by atoms with van der Waals surface area (Å²) in [6.45, 7) is 3.73. The first kappa shape index (κ1) is 9.41. The highest BCUT2D eigenvalue weighted by Gasteiger charge is 1.98. The lowest BCUT2D eigenvalue weighted by molar-refractivity contribution is -0.114. The first-order valence-electron chi connectivity index (χ1n) is 3.99. The van der Waals surface area contributed by atoms with Gasteiger partial charge in [-0.15, -0.1) is 0 Å². The van der Waals surface area contributed by atoms with Crippen molar-refractivity contribution in [1.82, 2.24) is 0 Å². The minimum absolute atomic E-state index is 0.275. The van der Waals surface area contributed by atoms with Crippen molar-refractivity contribution in [1.29, 1.82) is 0 Å². The Morgan fingerprint density at radius 1 is 1.42 bits per heavy atom. The van der Waals surface area contributed by atoms with Crippen LogP contribution in [0.15, 0.2) is 24.3 Å². The first-order valence-corrected chi connectivity index (χ1v) is 5.20. The summed E-state index contributed by atoms with van der Waals surface area (Å²) < 4.78 is 0. The highest BCUT2D eigenvalue weighted by molar-refractivity contribution is 7.48. The molecule has 1 aromatic rings. The Hall–Kier alpha value is -0.680. The largest absolute Gasteiger partial charge is 0.300 e. The van der Waals surface area contributed by atoms with Crippen molar-refractivity contribution in [3.05, 3.63) is 29.8 Å². The van der Waals surface area contributed by atoms with E-state index in [2.05, 4.69) is 19.1 Å². The molecule has 1 aromatic carbocycles. The number of benzene rings is 1. The molecule has 0 aliphatic carbocycles. The van der Waals surface area contributed by atoms with Crippen LogP contribution in [0.4, 0.5) is 0 Å². The van der Waals surface area contributed by atoms with Gasteiger partial charge >= 0.3 is 0 Å². The van der Waals surface area contributed by atoms with E-state index in [1.165, 1.54) is 10.9 Å². The van der Waals surface area contributed by atoms with Crippen molar-refractivity contribution < 1.29 is 4.79 Å². The van der Waals surface area contributed by atoms with Crippen LogP contribution in [0.25, 0.3) is 0 Å². The van der Waals surface area contributed by atoms with Gasteiger partial charge in [-0.05, 0) is 24.7 Å². The number of aryl methyl sites for hydroxylation is 1. The molecule has 1 rings (SSSR count). The fourth-order valence-electron chi connectivity index (χ4n) is 0.991. The van der Waals surface area contributed by atoms with E-state index in [9.17, 15) is 4.79 Å². The molecule has 1 atom stereocenters. The number of ketones is 1. The van der Waals surface area contributed by atoms with Crippen LogP contribution in [0.1, 0.15) is 12.5 Å². The molecule has 1 nitrogen and oxygen atoms in total. The van der Waals surface area contributed by atoms with Crippen molar-refractivity contribution in [3.8, 4) is 0 Å². The minimum Gasteiger partial charge on any atom is -0.300 e. The predicted molar refractivity (Wildman–Crippen MR) is 54.7 cm³/mol. The van der Waals surface area contributed by atoms with Crippen molar-refractivity contribution in [2.24, 2.45) is 0 Å². The van der Waals surface area contributed by atoms with Gasteiger partial charge in [0.1, 0.15) is 5.78 Å². The standard InChI is InChI=1S/C10H13OP/c1-8-5-3-4-6-10(8)12-7-9(2)11/h3-6,12H,7H2,1-2H3. The molecule has 0 aliphatic rings. The average Bonchev–Trinajstić information content (AvgIpc) is 2.03. The Balaban J connectivity index is 2.63. The summed E-state index contributed by atoms with van der Waals surface area (Å²) in [5, 5.41) is 1.31. The summed E-state index contributed by atoms with van der Waals surface area (Å²) in [5.41, 5.74) is 1.29. The Labute approximate surface area is 75.0 Å². The topological polar surface area (TPSA) is 17.1 Å². The molecule has 0 aliphatic heterocycles. The van der Waals surface area contributed by atoms with Crippen LogP contribution in [0.3, 0.4) is 0 Å². The van der Waals surface area contributed by atoms with Crippen LogP contribution < -0.4 is 5.30 Å². The van der Waals surface area contributed by atoms with Gasteiger partial charge in [-0.25, -0.2) is 0 Å². The summed E-state index contributed by atoms with van der Waals surface area (Å²) in [7, 11) is 0.634. The van der Waals surface area contributed by atoms with E-state index in [-0.39, 0.29) is 5.78 Å². The summed E-state index contributed by atoms with van der Waals surface area (Å²) in [4.78, 5) is 10.7. The highest BCUT2D eigenvalue weighted by atomic mass is 31.1. The lowest BCUT2D eigenvalue weighted by Crippen LogP contribution is -2.03. The molecule has 0 fully saturated rings. The maximum atomic E-state index is 10.7. The van der Waals surface area contributed by atoms with Crippen LogP contribution in [-0.4, -0.2) is 11.9 Å². The van der Waals surface area contributed by atoms with Crippen molar-refractivity contribution in [2.45, 2.75) is 13.8 Å². The SMILES string of the molecule is CC(=O)CPc1ccccc1C. The molecule has 0 bridgehead atoms. The predicted octanol–water partition coefficient (Wildman–Crippen LogP) is 1.89. The van der Waals surface area contributed by atoms with Gasteiger partial charge in [-0.3, -0.25) is 4.79 Å². The average molecular weight is 180 g/mol. The normalized spacial score (nSPS) is 10.8. The molecule has 64 valence electrons. The second kappa shape index (κ2) is 4.37. The lowest BCUT2D eigenvalue weighted by Gasteiger charge is -2.02. The Morgan fingerprint density at radius 3 is 2.67 bits per heavy atom. The molecule has 0 amide bonds. The van der Waals surface area contributed by atoms with E-state index in [1.54, 1.807) is 6.92 Å².